The molecule has 2 rings (SSSR count). The number of fused-ring (bicyclic) bond motifs is 1. The molecule has 110 valence electrons. The third-order valence-corrected chi connectivity index (χ3v) is 4.18. The van der Waals surface area contributed by atoms with Crippen molar-refractivity contribution in [3.63, 3.8) is 0 Å². The Morgan fingerprint density at radius 2 is 1.90 bits per heavy atom. The van der Waals surface area contributed by atoms with E-state index >= 15 is 0 Å². The van der Waals surface area contributed by atoms with Gasteiger partial charge in [0.25, 0.3) is 0 Å². The Bertz CT molecular complexity index is 543. The van der Waals surface area contributed by atoms with Gasteiger partial charge < -0.3 is 9.73 Å². The van der Waals surface area contributed by atoms with Crippen LogP contribution in [0.2, 0.25) is 0 Å². The van der Waals surface area contributed by atoms with Crippen molar-refractivity contribution in [2.24, 2.45) is 5.92 Å². The number of hydrogen-bond donors (Lipinski definition) is 1. The molecule has 0 spiro atoms. The molecule has 0 aliphatic carbocycles. The Kier molecular flexibility index (Phi) is 5.24. The summed E-state index contributed by atoms with van der Waals surface area (Å²) in [7, 11) is 0. The van der Waals surface area contributed by atoms with E-state index in [9.17, 15) is 0 Å². The number of furan rings is 1. The second-order valence-corrected chi connectivity index (χ2v) is 5.88. The average molecular weight is 273 g/mol. The summed E-state index contributed by atoms with van der Waals surface area (Å²) in [5.41, 5.74) is 2.34. The lowest BCUT2D eigenvalue weighted by Crippen LogP contribution is -2.27. The van der Waals surface area contributed by atoms with Gasteiger partial charge in [-0.25, -0.2) is 0 Å². The highest BCUT2D eigenvalue weighted by Crippen LogP contribution is 2.26. The van der Waals surface area contributed by atoms with Gasteiger partial charge in [-0.15, -0.1) is 0 Å². The van der Waals surface area contributed by atoms with Crippen LogP contribution in [0.3, 0.4) is 0 Å². The number of benzene rings is 1. The van der Waals surface area contributed by atoms with Gasteiger partial charge in [-0.2, -0.15) is 0 Å². The van der Waals surface area contributed by atoms with Crippen molar-refractivity contribution in [1.82, 2.24) is 5.32 Å². The Hall–Kier alpha value is -1.28. The third-order valence-electron chi connectivity index (χ3n) is 4.18. The number of hydrogen-bond acceptors (Lipinski definition) is 2. The predicted molar refractivity (Wildman–Crippen MR) is 86.0 cm³/mol. The molecule has 1 N–H and O–H groups in total. The summed E-state index contributed by atoms with van der Waals surface area (Å²) in [6.45, 7) is 9.92. The Balaban J connectivity index is 2.09. The van der Waals surface area contributed by atoms with Crippen molar-refractivity contribution in [2.75, 3.05) is 0 Å². The molecule has 0 saturated heterocycles. The maximum Gasteiger partial charge on any atom is 0.134 e. The number of aryl methyl sites for hydroxylation is 1. The Morgan fingerprint density at radius 3 is 2.60 bits per heavy atom. The summed E-state index contributed by atoms with van der Waals surface area (Å²) in [6, 6.07) is 8.88. The van der Waals surface area contributed by atoms with Crippen molar-refractivity contribution in [2.45, 2.75) is 59.5 Å². The molecule has 0 bridgehead atoms. The molecule has 0 aliphatic heterocycles. The fourth-order valence-electron chi connectivity index (χ4n) is 2.76. The van der Waals surface area contributed by atoms with Crippen LogP contribution in [-0.2, 0) is 13.0 Å². The summed E-state index contributed by atoms with van der Waals surface area (Å²) in [4.78, 5) is 0. The smallest absolute Gasteiger partial charge is 0.134 e. The molecule has 1 heterocycles. The van der Waals surface area contributed by atoms with E-state index in [1.54, 1.807) is 0 Å². The minimum absolute atomic E-state index is 0.545. The maximum absolute atomic E-state index is 5.94. The van der Waals surface area contributed by atoms with Gasteiger partial charge in [-0.3, -0.25) is 0 Å². The molecule has 2 atom stereocenters. The zero-order valence-electron chi connectivity index (χ0n) is 13.2. The lowest BCUT2D eigenvalue weighted by molar-refractivity contribution is 0.410. The van der Waals surface area contributed by atoms with Crippen molar-refractivity contribution in [3.8, 4) is 0 Å². The van der Waals surface area contributed by atoms with Gasteiger partial charge in [0, 0.05) is 30.0 Å². The van der Waals surface area contributed by atoms with Crippen molar-refractivity contribution >= 4 is 11.0 Å². The molecular formula is C18H27NO. The topological polar surface area (TPSA) is 25.2 Å². The molecule has 0 saturated carbocycles. The summed E-state index contributed by atoms with van der Waals surface area (Å²) in [5, 5.41) is 4.91. The molecule has 1 aromatic heterocycles. The van der Waals surface area contributed by atoms with E-state index in [4.69, 9.17) is 4.42 Å². The van der Waals surface area contributed by atoms with Crippen LogP contribution in [0.25, 0.3) is 11.0 Å². The molecular weight excluding hydrogens is 246 g/mol. The normalized spacial score (nSPS) is 14.6. The quantitative estimate of drug-likeness (QED) is 0.775. The number of nitrogens with one attached hydrogen (secondary N) is 1. The zero-order valence-corrected chi connectivity index (χ0v) is 13.2. The lowest BCUT2D eigenvalue weighted by Gasteiger charge is -2.17. The largest absolute Gasteiger partial charge is 0.461 e. The van der Waals surface area contributed by atoms with Crippen molar-refractivity contribution in [1.29, 1.82) is 0 Å². The van der Waals surface area contributed by atoms with E-state index in [-0.39, 0.29) is 0 Å². The zero-order chi connectivity index (χ0) is 14.5. The van der Waals surface area contributed by atoms with Crippen LogP contribution in [0, 0.1) is 5.92 Å². The van der Waals surface area contributed by atoms with E-state index in [1.807, 2.05) is 6.07 Å². The van der Waals surface area contributed by atoms with Gasteiger partial charge in [0.05, 0.1) is 0 Å². The van der Waals surface area contributed by atoms with E-state index in [1.165, 1.54) is 23.8 Å². The van der Waals surface area contributed by atoms with E-state index in [0.29, 0.717) is 6.04 Å². The first-order chi connectivity index (χ1) is 9.65. The number of rotatable bonds is 7. The molecule has 0 fully saturated rings. The summed E-state index contributed by atoms with van der Waals surface area (Å²) in [5.74, 6) is 1.90. The standard InChI is InChI=1S/C18H27NO/c1-5-13(3)11-14(4)19-12-16-15-9-7-8-10-18(15)20-17(16)6-2/h7-10,13-14,19H,5-6,11-12H2,1-4H3. The highest BCUT2D eigenvalue weighted by Gasteiger charge is 2.13. The van der Waals surface area contributed by atoms with Crippen LogP contribution in [0.4, 0.5) is 0 Å². The molecule has 2 unspecified atom stereocenters. The third kappa shape index (κ3) is 3.43. The Labute approximate surface area is 122 Å². The van der Waals surface area contributed by atoms with E-state index in [0.717, 1.165) is 30.2 Å². The summed E-state index contributed by atoms with van der Waals surface area (Å²) in [6.07, 6.45) is 3.43. The van der Waals surface area contributed by atoms with Gasteiger partial charge in [0.2, 0.25) is 0 Å². The van der Waals surface area contributed by atoms with Crippen LogP contribution >= 0.6 is 0 Å². The van der Waals surface area contributed by atoms with E-state index < -0.39 is 0 Å². The van der Waals surface area contributed by atoms with Crippen LogP contribution in [0.1, 0.15) is 51.9 Å². The maximum atomic E-state index is 5.94. The van der Waals surface area contributed by atoms with Crippen LogP contribution < -0.4 is 5.32 Å². The lowest BCUT2D eigenvalue weighted by atomic mass is 10.00. The monoisotopic (exact) mass is 273 g/mol. The minimum Gasteiger partial charge on any atom is -0.461 e. The minimum atomic E-state index is 0.545. The average Bonchev–Trinajstić information content (AvgIpc) is 2.82. The second kappa shape index (κ2) is 6.94. The summed E-state index contributed by atoms with van der Waals surface area (Å²) >= 11 is 0. The summed E-state index contributed by atoms with van der Waals surface area (Å²) < 4.78 is 5.94. The molecule has 0 radical (unpaired) electrons. The molecule has 2 nitrogen and oxygen atoms in total. The van der Waals surface area contributed by atoms with Crippen LogP contribution in [0.15, 0.2) is 28.7 Å². The number of para-hydroxylation sites is 1. The molecule has 1 aromatic carbocycles. The van der Waals surface area contributed by atoms with Crippen molar-refractivity contribution in [3.05, 3.63) is 35.6 Å². The van der Waals surface area contributed by atoms with Gasteiger partial charge in [0.15, 0.2) is 0 Å². The van der Waals surface area contributed by atoms with E-state index in [2.05, 4.69) is 51.2 Å². The molecule has 2 heteroatoms. The second-order valence-electron chi connectivity index (χ2n) is 5.88. The highest BCUT2D eigenvalue weighted by atomic mass is 16.3. The van der Waals surface area contributed by atoms with Gasteiger partial charge >= 0.3 is 0 Å². The fraction of sp³-hybridized carbons (Fsp3) is 0.556. The first-order valence-electron chi connectivity index (χ1n) is 7.88. The molecule has 20 heavy (non-hydrogen) atoms. The molecule has 0 amide bonds. The Morgan fingerprint density at radius 1 is 1.15 bits per heavy atom. The first kappa shape index (κ1) is 15.1. The molecule has 2 aromatic rings. The van der Waals surface area contributed by atoms with Crippen LogP contribution in [0.5, 0.6) is 0 Å². The van der Waals surface area contributed by atoms with Crippen molar-refractivity contribution < 1.29 is 4.42 Å². The SMILES string of the molecule is CCc1oc2ccccc2c1CNC(C)CC(C)CC. The first-order valence-corrected chi connectivity index (χ1v) is 7.88. The molecule has 0 aliphatic rings. The predicted octanol–water partition coefficient (Wildman–Crippen LogP) is 4.91. The fourth-order valence-corrected chi connectivity index (χ4v) is 2.76. The highest BCUT2D eigenvalue weighted by molar-refractivity contribution is 5.82. The van der Waals surface area contributed by atoms with Gasteiger partial charge in [-0.05, 0) is 25.3 Å². The van der Waals surface area contributed by atoms with Gasteiger partial charge in [-0.1, -0.05) is 45.4 Å². The van der Waals surface area contributed by atoms with Gasteiger partial charge in [0.1, 0.15) is 11.3 Å². The van der Waals surface area contributed by atoms with Crippen LogP contribution in [-0.4, -0.2) is 6.04 Å².